The molecule has 0 aliphatic heterocycles. The van der Waals surface area contributed by atoms with Gasteiger partial charge in [-0.15, -0.1) is 0 Å². The molecule has 0 bridgehead atoms. The third-order valence-electron chi connectivity index (χ3n) is 3.82. The Balaban J connectivity index is 2.24. The molecule has 1 aromatic rings. The predicted molar refractivity (Wildman–Crippen MR) is 68.7 cm³/mol. The maximum absolute atomic E-state index is 11.0. The number of hydrogen-bond donors (Lipinski definition) is 1. The number of rotatable bonds is 3. The average Bonchev–Trinajstić information content (AvgIpc) is 2.38. The Morgan fingerprint density at radius 2 is 2.22 bits per heavy atom. The molecule has 0 amide bonds. The number of carboxylic acids is 1. The van der Waals surface area contributed by atoms with Gasteiger partial charge in [-0.05, 0) is 31.7 Å². The standard InChI is InChI=1S/C14H20N2O2/c1-3-10-5-4-6-11(8-10)13-15-9(2)7-12(16-13)14(17)18/h7,10-11H,3-6,8H2,1-2H3,(H,17,18). The number of aryl methyl sites for hydroxylation is 1. The Kier molecular flexibility index (Phi) is 3.94. The topological polar surface area (TPSA) is 63.1 Å². The van der Waals surface area contributed by atoms with E-state index in [2.05, 4.69) is 16.9 Å². The molecule has 1 aromatic heterocycles. The molecule has 0 aromatic carbocycles. The lowest BCUT2D eigenvalue weighted by atomic mass is 9.80. The van der Waals surface area contributed by atoms with Crippen LogP contribution in [0.2, 0.25) is 0 Å². The van der Waals surface area contributed by atoms with Gasteiger partial charge in [0.25, 0.3) is 0 Å². The summed E-state index contributed by atoms with van der Waals surface area (Å²) < 4.78 is 0. The summed E-state index contributed by atoms with van der Waals surface area (Å²) in [7, 11) is 0. The van der Waals surface area contributed by atoms with Crippen LogP contribution in [-0.2, 0) is 0 Å². The van der Waals surface area contributed by atoms with Crippen molar-refractivity contribution < 1.29 is 9.90 Å². The summed E-state index contributed by atoms with van der Waals surface area (Å²) in [5, 5.41) is 9.04. The van der Waals surface area contributed by atoms with E-state index >= 15 is 0 Å². The summed E-state index contributed by atoms with van der Waals surface area (Å²) in [4.78, 5) is 19.7. The van der Waals surface area contributed by atoms with Crippen molar-refractivity contribution in [3.8, 4) is 0 Å². The maximum atomic E-state index is 11.0. The smallest absolute Gasteiger partial charge is 0.354 e. The van der Waals surface area contributed by atoms with Crippen LogP contribution in [0, 0.1) is 12.8 Å². The highest BCUT2D eigenvalue weighted by molar-refractivity contribution is 5.85. The summed E-state index contributed by atoms with van der Waals surface area (Å²) in [6.45, 7) is 4.05. The molecular formula is C14H20N2O2. The van der Waals surface area contributed by atoms with Gasteiger partial charge in [-0.3, -0.25) is 0 Å². The molecular weight excluding hydrogens is 228 g/mol. The van der Waals surface area contributed by atoms with Crippen molar-refractivity contribution in [1.82, 2.24) is 9.97 Å². The number of nitrogens with zero attached hydrogens (tertiary/aromatic N) is 2. The summed E-state index contributed by atoms with van der Waals surface area (Å²) in [5.41, 5.74) is 0.868. The third-order valence-corrected chi connectivity index (χ3v) is 3.82. The molecule has 0 saturated heterocycles. The van der Waals surface area contributed by atoms with Crippen molar-refractivity contribution in [2.75, 3.05) is 0 Å². The molecule has 1 heterocycles. The van der Waals surface area contributed by atoms with Crippen molar-refractivity contribution in [2.24, 2.45) is 5.92 Å². The lowest BCUT2D eigenvalue weighted by Crippen LogP contribution is -2.17. The molecule has 2 unspecified atom stereocenters. The molecule has 0 radical (unpaired) electrons. The van der Waals surface area contributed by atoms with Crippen LogP contribution in [-0.4, -0.2) is 21.0 Å². The lowest BCUT2D eigenvalue weighted by molar-refractivity contribution is 0.0689. The van der Waals surface area contributed by atoms with Crippen molar-refractivity contribution in [3.05, 3.63) is 23.3 Å². The first-order chi connectivity index (χ1) is 8.60. The van der Waals surface area contributed by atoms with Crippen molar-refractivity contribution in [1.29, 1.82) is 0 Å². The number of hydrogen-bond acceptors (Lipinski definition) is 3. The molecule has 1 aliphatic carbocycles. The Morgan fingerprint density at radius 1 is 1.44 bits per heavy atom. The Bertz CT molecular complexity index is 445. The molecule has 1 fully saturated rings. The number of aromatic nitrogens is 2. The van der Waals surface area contributed by atoms with E-state index in [0.717, 1.165) is 30.3 Å². The third kappa shape index (κ3) is 2.86. The van der Waals surface area contributed by atoms with Crippen molar-refractivity contribution >= 4 is 5.97 Å². The lowest BCUT2D eigenvalue weighted by Gasteiger charge is -2.27. The zero-order valence-electron chi connectivity index (χ0n) is 11.0. The predicted octanol–water partition coefficient (Wildman–Crippen LogP) is 3.17. The molecule has 0 spiro atoms. The van der Waals surface area contributed by atoms with Crippen LogP contribution >= 0.6 is 0 Å². The molecule has 98 valence electrons. The highest BCUT2D eigenvalue weighted by Crippen LogP contribution is 2.36. The number of aromatic carboxylic acids is 1. The fraction of sp³-hybridized carbons (Fsp3) is 0.643. The number of carboxylic acid groups (broad SMARTS) is 1. The minimum Gasteiger partial charge on any atom is -0.477 e. The largest absolute Gasteiger partial charge is 0.477 e. The average molecular weight is 248 g/mol. The van der Waals surface area contributed by atoms with Gasteiger partial charge in [-0.25, -0.2) is 14.8 Å². The van der Waals surface area contributed by atoms with Crippen LogP contribution in [0.15, 0.2) is 6.07 Å². The second-order valence-corrected chi connectivity index (χ2v) is 5.20. The van der Waals surface area contributed by atoms with E-state index in [-0.39, 0.29) is 5.69 Å². The van der Waals surface area contributed by atoms with Gasteiger partial charge in [0.2, 0.25) is 0 Å². The summed E-state index contributed by atoms with van der Waals surface area (Å²) in [6, 6.07) is 1.53. The van der Waals surface area contributed by atoms with E-state index < -0.39 is 5.97 Å². The van der Waals surface area contributed by atoms with Gasteiger partial charge in [0.05, 0.1) is 0 Å². The van der Waals surface area contributed by atoms with E-state index in [1.165, 1.54) is 25.3 Å². The first-order valence-corrected chi connectivity index (χ1v) is 6.69. The van der Waals surface area contributed by atoms with Gasteiger partial charge in [-0.1, -0.05) is 26.2 Å². The van der Waals surface area contributed by atoms with Gasteiger partial charge in [0.15, 0.2) is 5.69 Å². The Morgan fingerprint density at radius 3 is 2.89 bits per heavy atom. The molecule has 1 N–H and O–H groups in total. The van der Waals surface area contributed by atoms with E-state index in [9.17, 15) is 4.79 Å². The van der Waals surface area contributed by atoms with Crippen LogP contribution < -0.4 is 0 Å². The van der Waals surface area contributed by atoms with Gasteiger partial charge in [-0.2, -0.15) is 0 Å². The van der Waals surface area contributed by atoms with Crippen LogP contribution in [0.5, 0.6) is 0 Å². The molecule has 4 heteroatoms. The van der Waals surface area contributed by atoms with Gasteiger partial charge >= 0.3 is 5.97 Å². The Hall–Kier alpha value is -1.45. The van der Waals surface area contributed by atoms with Crippen LogP contribution in [0.1, 0.15) is 67.0 Å². The SMILES string of the molecule is CCC1CCCC(c2nc(C)cc(C(=O)O)n2)C1. The van der Waals surface area contributed by atoms with Gasteiger partial charge in [0.1, 0.15) is 5.82 Å². The van der Waals surface area contributed by atoms with E-state index in [1.807, 2.05) is 6.92 Å². The summed E-state index contributed by atoms with van der Waals surface area (Å²) >= 11 is 0. The summed E-state index contributed by atoms with van der Waals surface area (Å²) in [6.07, 6.45) is 5.85. The molecule has 2 atom stereocenters. The van der Waals surface area contributed by atoms with Crippen molar-refractivity contribution in [2.45, 2.75) is 51.9 Å². The molecule has 1 saturated carbocycles. The minimum absolute atomic E-state index is 0.121. The first-order valence-electron chi connectivity index (χ1n) is 6.69. The molecule has 1 aliphatic rings. The fourth-order valence-electron chi connectivity index (χ4n) is 2.78. The summed E-state index contributed by atoms with van der Waals surface area (Å²) in [5.74, 6) is 0.831. The van der Waals surface area contributed by atoms with Crippen molar-refractivity contribution in [3.63, 3.8) is 0 Å². The quantitative estimate of drug-likeness (QED) is 0.892. The molecule has 4 nitrogen and oxygen atoms in total. The minimum atomic E-state index is -0.968. The van der Waals surface area contributed by atoms with E-state index in [0.29, 0.717) is 5.92 Å². The van der Waals surface area contributed by atoms with E-state index in [1.54, 1.807) is 0 Å². The van der Waals surface area contributed by atoms with Gasteiger partial charge < -0.3 is 5.11 Å². The zero-order valence-corrected chi connectivity index (χ0v) is 11.0. The first kappa shape index (κ1) is 13.0. The fourth-order valence-corrected chi connectivity index (χ4v) is 2.78. The van der Waals surface area contributed by atoms with E-state index in [4.69, 9.17) is 5.11 Å². The zero-order chi connectivity index (χ0) is 13.1. The highest BCUT2D eigenvalue weighted by atomic mass is 16.4. The molecule has 18 heavy (non-hydrogen) atoms. The molecule has 2 rings (SSSR count). The van der Waals surface area contributed by atoms with Crippen LogP contribution in [0.3, 0.4) is 0 Å². The monoisotopic (exact) mass is 248 g/mol. The van der Waals surface area contributed by atoms with Gasteiger partial charge in [0, 0.05) is 11.6 Å². The normalized spacial score (nSPS) is 23.9. The highest BCUT2D eigenvalue weighted by Gasteiger charge is 2.25. The Labute approximate surface area is 107 Å². The second-order valence-electron chi connectivity index (χ2n) is 5.20. The maximum Gasteiger partial charge on any atom is 0.354 e. The number of carbonyl (C=O) groups is 1. The van der Waals surface area contributed by atoms with Crippen LogP contribution in [0.25, 0.3) is 0 Å². The van der Waals surface area contributed by atoms with Crippen LogP contribution in [0.4, 0.5) is 0 Å². The second kappa shape index (κ2) is 5.46.